The van der Waals surface area contributed by atoms with Gasteiger partial charge in [-0.3, -0.25) is 0 Å². The molecule has 0 atom stereocenters. The lowest BCUT2D eigenvalue weighted by atomic mass is 10.2. The molecule has 22 heavy (non-hydrogen) atoms. The number of para-hydroxylation sites is 1. The fraction of sp³-hybridized carbons (Fsp3) is 0.125. The van der Waals surface area contributed by atoms with Gasteiger partial charge in [0.15, 0.2) is 0 Å². The molecule has 0 amide bonds. The van der Waals surface area contributed by atoms with Gasteiger partial charge < -0.3 is 5.11 Å². The smallest absolute Gasteiger partial charge is 0.268 e. The van der Waals surface area contributed by atoms with E-state index in [1.165, 1.54) is 0 Å². The summed E-state index contributed by atoms with van der Waals surface area (Å²) in [6, 6.07) is 13.5. The Morgan fingerprint density at radius 2 is 1.73 bits per heavy atom. The third-order valence-electron chi connectivity index (χ3n) is 3.57. The van der Waals surface area contributed by atoms with Crippen molar-refractivity contribution in [3.63, 3.8) is 0 Å². The van der Waals surface area contributed by atoms with Crippen LogP contribution in [0, 0.1) is 6.92 Å². The molecule has 0 aliphatic carbocycles. The van der Waals surface area contributed by atoms with Crippen LogP contribution in [-0.2, 0) is 16.6 Å². The molecule has 4 nitrogen and oxygen atoms in total. The first kappa shape index (κ1) is 15.1. The number of halogens is 1. The van der Waals surface area contributed by atoms with Crippen molar-refractivity contribution in [3.8, 4) is 0 Å². The van der Waals surface area contributed by atoms with Crippen LogP contribution in [0.5, 0.6) is 0 Å². The van der Waals surface area contributed by atoms with E-state index in [0.29, 0.717) is 10.9 Å². The molecule has 0 unspecified atom stereocenters. The van der Waals surface area contributed by atoms with E-state index < -0.39 is 16.6 Å². The monoisotopic (exact) mass is 335 g/mol. The molecule has 0 saturated heterocycles. The summed E-state index contributed by atoms with van der Waals surface area (Å²) in [6.07, 6.45) is 0. The van der Waals surface area contributed by atoms with Crippen LogP contribution in [0.1, 0.15) is 11.3 Å². The van der Waals surface area contributed by atoms with E-state index in [0.717, 1.165) is 9.54 Å². The van der Waals surface area contributed by atoms with Crippen molar-refractivity contribution in [3.05, 3.63) is 64.8 Å². The Morgan fingerprint density at radius 1 is 1.09 bits per heavy atom. The highest BCUT2D eigenvalue weighted by atomic mass is 35.5. The quantitative estimate of drug-likeness (QED) is 0.798. The molecule has 0 radical (unpaired) electrons. The number of aliphatic hydroxyl groups is 1. The number of aromatic nitrogens is 1. The summed E-state index contributed by atoms with van der Waals surface area (Å²) in [5, 5.41) is 10.4. The van der Waals surface area contributed by atoms with E-state index in [4.69, 9.17) is 11.6 Å². The number of nitrogens with zero attached hydrogens (tertiary/aromatic N) is 1. The number of aryl methyl sites for hydroxylation is 1. The van der Waals surface area contributed by atoms with Crippen LogP contribution in [0.4, 0.5) is 0 Å². The minimum atomic E-state index is -3.83. The van der Waals surface area contributed by atoms with Crippen molar-refractivity contribution in [1.82, 2.24) is 3.97 Å². The van der Waals surface area contributed by atoms with Crippen molar-refractivity contribution in [2.75, 3.05) is 0 Å². The van der Waals surface area contributed by atoms with Crippen LogP contribution >= 0.6 is 11.6 Å². The van der Waals surface area contributed by atoms with Crippen molar-refractivity contribution in [1.29, 1.82) is 0 Å². The molecule has 3 rings (SSSR count). The summed E-state index contributed by atoms with van der Waals surface area (Å²) < 4.78 is 27.0. The molecule has 0 bridgehead atoms. The SMILES string of the molecule is Cc1ccc(S(=O)(=O)n2c(CO)c(Cl)c3ccccc32)cc1. The number of benzene rings is 2. The maximum atomic E-state index is 12.9. The second-order valence-corrected chi connectivity index (χ2v) is 7.18. The Kier molecular flexibility index (Phi) is 3.72. The molecule has 0 spiro atoms. The van der Waals surface area contributed by atoms with E-state index >= 15 is 0 Å². The van der Waals surface area contributed by atoms with Crippen LogP contribution in [0.15, 0.2) is 53.4 Å². The number of hydrogen-bond acceptors (Lipinski definition) is 3. The number of aliphatic hydroxyl groups excluding tert-OH is 1. The number of rotatable bonds is 3. The van der Waals surface area contributed by atoms with Crippen LogP contribution in [0.3, 0.4) is 0 Å². The number of hydrogen-bond donors (Lipinski definition) is 1. The van der Waals surface area contributed by atoms with Crippen molar-refractivity contribution in [2.24, 2.45) is 0 Å². The van der Waals surface area contributed by atoms with Crippen molar-refractivity contribution in [2.45, 2.75) is 18.4 Å². The molecule has 1 aromatic heterocycles. The standard InChI is InChI=1S/C16H14ClNO3S/c1-11-6-8-12(9-7-11)22(20,21)18-14-5-3-2-4-13(14)16(17)15(18)10-19/h2-9,19H,10H2,1H3. The largest absolute Gasteiger partial charge is 0.390 e. The average Bonchev–Trinajstić information content (AvgIpc) is 2.81. The normalized spacial score (nSPS) is 12.0. The lowest BCUT2D eigenvalue weighted by Gasteiger charge is -2.11. The maximum Gasteiger partial charge on any atom is 0.268 e. The van der Waals surface area contributed by atoms with Gasteiger partial charge in [-0.25, -0.2) is 12.4 Å². The zero-order valence-electron chi connectivity index (χ0n) is 11.8. The molecule has 6 heteroatoms. The molecular formula is C16H14ClNO3S. The summed E-state index contributed by atoms with van der Waals surface area (Å²) in [5.74, 6) is 0. The lowest BCUT2D eigenvalue weighted by molar-refractivity contribution is 0.276. The Bertz CT molecular complexity index is 943. The van der Waals surface area contributed by atoms with Crippen LogP contribution in [0.25, 0.3) is 10.9 Å². The van der Waals surface area contributed by atoms with Crippen LogP contribution < -0.4 is 0 Å². The molecule has 1 N–H and O–H groups in total. The topological polar surface area (TPSA) is 59.3 Å². The second kappa shape index (κ2) is 5.43. The molecule has 0 aliphatic heterocycles. The van der Waals surface area contributed by atoms with Gasteiger partial charge in [0, 0.05) is 5.39 Å². The summed E-state index contributed by atoms with van der Waals surface area (Å²) in [7, 11) is -3.83. The predicted molar refractivity (Wildman–Crippen MR) is 86.6 cm³/mol. The fourth-order valence-electron chi connectivity index (χ4n) is 2.45. The zero-order valence-corrected chi connectivity index (χ0v) is 13.4. The Hall–Kier alpha value is -1.82. The van der Waals surface area contributed by atoms with Crippen LogP contribution in [0.2, 0.25) is 5.02 Å². The summed E-state index contributed by atoms with van der Waals surface area (Å²) >= 11 is 6.24. The fourth-order valence-corrected chi connectivity index (χ4v) is 4.35. The molecule has 0 saturated carbocycles. The molecule has 2 aromatic carbocycles. The third kappa shape index (κ3) is 2.22. The highest BCUT2D eigenvalue weighted by Gasteiger charge is 2.25. The summed E-state index contributed by atoms with van der Waals surface area (Å²) in [6.45, 7) is 1.43. The number of fused-ring (bicyclic) bond motifs is 1. The van der Waals surface area contributed by atoms with Gasteiger partial charge in [0.1, 0.15) is 0 Å². The Balaban J connectivity index is 2.36. The average molecular weight is 336 g/mol. The molecule has 3 aromatic rings. The Labute approximate surface area is 133 Å². The lowest BCUT2D eigenvalue weighted by Crippen LogP contribution is -2.15. The van der Waals surface area contributed by atoms with E-state index in [1.807, 2.05) is 6.92 Å². The molecule has 0 fully saturated rings. The minimum Gasteiger partial charge on any atom is -0.390 e. The van der Waals surface area contributed by atoms with Gasteiger partial charge in [-0.15, -0.1) is 0 Å². The molecule has 1 heterocycles. The maximum absolute atomic E-state index is 12.9. The first-order valence-electron chi connectivity index (χ1n) is 6.67. The third-order valence-corrected chi connectivity index (χ3v) is 5.75. The highest BCUT2D eigenvalue weighted by Crippen LogP contribution is 2.33. The highest BCUT2D eigenvalue weighted by molar-refractivity contribution is 7.90. The van der Waals surface area contributed by atoms with Crippen molar-refractivity contribution >= 4 is 32.5 Å². The minimum absolute atomic E-state index is 0.158. The van der Waals surface area contributed by atoms with Gasteiger partial charge in [-0.2, -0.15) is 0 Å². The van der Waals surface area contributed by atoms with Crippen LogP contribution in [-0.4, -0.2) is 17.5 Å². The van der Waals surface area contributed by atoms with Gasteiger partial charge in [-0.1, -0.05) is 47.5 Å². The first-order valence-corrected chi connectivity index (χ1v) is 8.49. The molecular weight excluding hydrogens is 322 g/mol. The summed E-state index contributed by atoms with van der Waals surface area (Å²) in [4.78, 5) is 0.158. The van der Waals surface area contributed by atoms with E-state index in [-0.39, 0.29) is 15.6 Å². The van der Waals surface area contributed by atoms with Gasteiger partial charge in [0.05, 0.1) is 27.7 Å². The Morgan fingerprint density at radius 3 is 2.36 bits per heavy atom. The zero-order chi connectivity index (χ0) is 15.9. The van der Waals surface area contributed by atoms with Gasteiger partial charge in [-0.05, 0) is 25.1 Å². The first-order chi connectivity index (χ1) is 10.5. The van der Waals surface area contributed by atoms with Gasteiger partial charge in [0.25, 0.3) is 10.0 Å². The van der Waals surface area contributed by atoms with E-state index in [2.05, 4.69) is 0 Å². The van der Waals surface area contributed by atoms with Gasteiger partial charge >= 0.3 is 0 Å². The molecule has 0 aliphatic rings. The summed E-state index contributed by atoms with van der Waals surface area (Å²) in [5.41, 5.74) is 1.59. The van der Waals surface area contributed by atoms with E-state index in [9.17, 15) is 13.5 Å². The second-order valence-electron chi connectivity index (χ2n) is 5.02. The van der Waals surface area contributed by atoms with Gasteiger partial charge in [0.2, 0.25) is 0 Å². The van der Waals surface area contributed by atoms with Crippen molar-refractivity contribution < 1.29 is 13.5 Å². The molecule has 114 valence electrons. The predicted octanol–water partition coefficient (Wildman–Crippen LogP) is 3.33. The van der Waals surface area contributed by atoms with E-state index in [1.54, 1.807) is 48.5 Å².